The summed E-state index contributed by atoms with van der Waals surface area (Å²) < 4.78 is 1.94. The Morgan fingerprint density at radius 3 is 2.75 bits per heavy atom. The predicted molar refractivity (Wildman–Crippen MR) is 78.6 cm³/mol. The maximum Gasteiger partial charge on any atom is 0.221 e. The van der Waals surface area contributed by atoms with E-state index in [0.29, 0.717) is 6.54 Å². The molecule has 0 aliphatic heterocycles. The second-order valence-electron chi connectivity index (χ2n) is 4.69. The van der Waals surface area contributed by atoms with Crippen molar-refractivity contribution in [3.05, 3.63) is 41.5 Å². The van der Waals surface area contributed by atoms with Crippen molar-refractivity contribution >= 4 is 11.6 Å². The summed E-state index contributed by atoms with van der Waals surface area (Å²) >= 11 is 0. The van der Waals surface area contributed by atoms with E-state index in [0.717, 1.165) is 35.7 Å². The van der Waals surface area contributed by atoms with Gasteiger partial charge < -0.3 is 5.32 Å². The molecular formula is C15H20N4O. The first-order valence-electron chi connectivity index (χ1n) is 6.91. The monoisotopic (exact) mass is 272 g/mol. The average Bonchev–Trinajstić information content (AvgIpc) is 2.80. The highest BCUT2D eigenvalue weighted by Crippen LogP contribution is 2.13. The summed E-state index contributed by atoms with van der Waals surface area (Å²) in [7, 11) is 0. The first-order valence-corrected chi connectivity index (χ1v) is 6.91. The third kappa shape index (κ3) is 3.44. The second-order valence-corrected chi connectivity index (χ2v) is 4.69. The van der Waals surface area contributed by atoms with Crippen LogP contribution in [0.2, 0.25) is 0 Å². The zero-order chi connectivity index (χ0) is 14.5. The molecule has 0 saturated carbocycles. The van der Waals surface area contributed by atoms with Crippen LogP contribution in [0, 0.1) is 0 Å². The molecule has 5 nitrogen and oxygen atoms in total. The van der Waals surface area contributed by atoms with Gasteiger partial charge in [0.2, 0.25) is 5.91 Å². The van der Waals surface area contributed by atoms with Gasteiger partial charge in [-0.2, -0.15) is 5.10 Å². The molecule has 0 spiro atoms. The van der Waals surface area contributed by atoms with Gasteiger partial charge in [-0.05, 0) is 17.7 Å². The molecule has 2 aromatic rings. The average molecular weight is 272 g/mol. The molecule has 0 radical (unpaired) electrons. The van der Waals surface area contributed by atoms with Crippen LogP contribution in [0.3, 0.4) is 0 Å². The van der Waals surface area contributed by atoms with Crippen LogP contribution in [0.1, 0.15) is 38.0 Å². The SMILES string of the molecule is CCc1nc(CC)n(Cc2cccc(NC(C)=O)c2)n1. The van der Waals surface area contributed by atoms with Crippen molar-refractivity contribution in [1.82, 2.24) is 14.8 Å². The lowest BCUT2D eigenvalue weighted by Crippen LogP contribution is -2.08. The van der Waals surface area contributed by atoms with Gasteiger partial charge in [-0.25, -0.2) is 9.67 Å². The molecule has 5 heteroatoms. The Balaban J connectivity index is 2.21. The van der Waals surface area contributed by atoms with Crippen LogP contribution >= 0.6 is 0 Å². The van der Waals surface area contributed by atoms with Gasteiger partial charge >= 0.3 is 0 Å². The van der Waals surface area contributed by atoms with E-state index in [1.807, 2.05) is 28.9 Å². The summed E-state index contributed by atoms with van der Waals surface area (Å²) in [6, 6.07) is 7.81. The number of carbonyl (C=O) groups excluding carboxylic acids is 1. The Morgan fingerprint density at radius 2 is 2.10 bits per heavy atom. The molecule has 2 rings (SSSR count). The number of carbonyl (C=O) groups is 1. The normalized spacial score (nSPS) is 10.6. The zero-order valence-electron chi connectivity index (χ0n) is 12.2. The van der Waals surface area contributed by atoms with Gasteiger partial charge in [0.15, 0.2) is 5.82 Å². The Bertz CT molecular complexity index is 604. The number of hydrogen-bond donors (Lipinski definition) is 1. The van der Waals surface area contributed by atoms with Crippen LogP contribution in [0.15, 0.2) is 24.3 Å². The van der Waals surface area contributed by atoms with Crippen molar-refractivity contribution in [2.24, 2.45) is 0 Å². The van der Waals surface area contributed by atoms with Crippen molar-refractivity contribution in [2.75, 3.05) is 5.32 Å². The summed E-state index contributed by atoms with van der Waals surface area (Å²) in [5, 5.41) is 7.30. The molecule has 0 aliphatic rings. The fraction of sp³-hybridized carbons (Fsp3) is 0.400. The fourth-order valence-electron chi connectivity index (χ4n) is 2.09. The van der Waals surface area contributed by atoms with Crippen LogP contribution in [-0.2, 0) is 24.2 Å². The zero-order valence-corrected chi connectivity index (χ0v) is 12.2. The van der Waals surface area contributed by atoms with Crippen molar-refractivity contribution in [1.29, 1.82) is 0 Å². The fourth-order valence-corrected chi connectivity index (χ4v) is 2.09. The molecule has 1 heterocycles. The Morgan fingerprint density at radius 1 is 1.30 bits per heavy atom. The van der Waals surface area contributed by atoms with Crippen molar-refractivity contribution < 1.29 is 4.79 Å². The summed E-state index contributed by atoms with van der Waals surface area (Å²) in [5.74, 6) is 1.80. The van der Waals surface area contributed by atoms with Gasteiger partial charge in [0, 0.05) is 25.5 Å². The van der Waals surface area contributed by atoms with Gasteiger partial charge in [-0.1, -0.05) is 26.0 Å². The highest BCUT2D eigenvalue weighted by molar-refractivity contribution is 5.88. The lowest BCUT2D eigenvalue weighted by molar-refractivity contribution is -0.114. The second kappa shape index (κ2) is 6.32. The molecule has 0 saturated heterocycles. The summed E-state index contributed by atoms with van der Waals surface area (Å²) in [4.78, 5) is 15.6. The highest BCUT2D eigenvalue weighted by Gasteiger charge is 2.08. The lowest BCUT2D eigenvalue weighted by atomic mass is 10.2. The van der Waals surface area contributed by atoms with Crippen LogP contribution in [0.4, 0.5) is 5.69 Å². The first-order chi connectivity index (χ1) is 9.62. The Kier molecular flexibility index (Phi) is 4.50. The highest BCUT2D eigenvalue weighted by atomic mass is 16.1. The number of aryl methyl sites for hydroxylation is 2. The van der Waals surface area contributed by atoms with Crippen LogP contribution in [0.25, 0.3) is 0 Å². The van der Waals surface area contributed by atoms with Crippen LogP contribution < -0.4 is 5.32 Å². The Hall–Kier alpha value is -2.17. The van der Waals surface area contributed by atoms with E-state index in [-0.39, 0.29) is 5.91 Å². The molecule has 1 aromatic heterocycles. The van der Waals surface area contributed by atoms with E-state index < -0.39 is 0 Å². The van der Waals surface area contributed by atoms with Gasteiger partial charge in [-0.15, -0.1) is 0 Å². The van der Waals surface area contributed by atoms with Crippen molar-refractivity contribution in [2.45, 2.75) is 40.2 Å². The van der Waals surface area contributed by atoms with Crippen LogP contribution in [-0.4, -0.2) is 20.7 Å². The minimum Gasteiger partial charge on any atom is -0.326 e. The van der Waals surface area contributed by atoms with E-state index in [1.165, 1.54) is 6.92 Å². The standard InChI is InChI=1S/C15H20N4O/c1-4-14-17-15(5-2)19(18-14)10-12-7-6-8-13(9-12)16-11(3)20/h6-9H,4-5,10H2,1-3H3,(H,16,20). The molecule has 0 atom stereocenters. The molecule has 1 N–H and O–H groups in total. The molecule has 106 valence electrons. The molecule has 0 unspecified atom stereocenters. The number of rotatable bonds is 5. The predicted octanol–water partition coefficient (Wildman–Crippen LogP) is 2.41. The van der Waals surface area contributed by atoms with Gasteiger partial charge in [0.05, 0.1) is 6.54 Å². The maximum absolute atomic E-state index is 11.1. The van der Waals surface area contributed by atoms with Gasteiger partial charge in [0.1, 0.15) is 5.82 Å². The molecule has 1 aromatic carbocycles. The van der Waals surface area contributed by atoms with Crippen molar-refractivity contribution in [3.8, 4) is 0 Å². The maximum atomic E-state index is 11.1. The molecule has 0 aliphatic carbocycles. The molecule has 0 bridgehead atoms. The summed E-state index contributed by atoms with van der Waals surface area (Å²) in [5.41, 5.74) is 1.90. The smallest absolute Gasteiger partial charge is 0.221 e. The van der Waals surface area contributed by atoms with Gasteiger partial charge in [-0.3, -0.25) is 4.79 Å². The van der Waals surface area contributed by atoms with E-state index in [1.54, 1.807) is 0 Å². The minimum atomic E-state index is -0.0644. The number of aromatic nitrogens is 3. The minimum absolute atomic E-state index is 0.0644. The number of hydrogen-bond acceptors (Lipinski definition) is 3. The van der Waals surface area contributed by atoms with E-state index >= 15 is 0 Å². The third-order valence-electron chi connectivity index (χ3n) is 3.00. The summed E-state index contributed by atoms with van der Waals surface area (Å²) in [6.07, 6.45) is 1.70. The quantitative estimate of drug-likeness (QED) is 0.909. The largest absolute Gasteiger partial charge is 0.326 e. The number of nitrogens with one attached hydrogen (secondary N) is 1. The number of benzene rings is 1. The first kappa shape index (κ1) is 14.2. The van der Waals surface area contributed by atoms with Gasteiger partial charge in [0.25, 0.3) is 0 Å². The van der Waals surface area contributed by atoms with Crippen molar-refractivity contribution in [3.63, 3.8) is 0 Å². The number of amides is 1. The topological polar surface area (TPSA) is 59.8 Å². The molecule has 20 heavy (non-hydrogen) atoms. The number of anilines is 1. The van der Waals surface area contributed by atoms with E-state index in [2.05, 4.69) is 29.2 Å². The van der Waals surface area contributed by atoms with Crippen LogP contribution in [0.5, 0.6) is 0 Å². The molecule has 1 amide bonds. The summed E-state index contributed by atoms with van der Waals surface area (Å²) in [6.45, 7) is 6.31. The number of nitrogens with zero attached hydrogens (tertiary/aromatic N) is 3. The lowest BCUT2D eigenvalue weighted by Gasteiger charge is -2.07. The molecule has 0 fully saturated rings. The Labute approximate surface area is 119 Å². The van der Waals surface area contributed by atoms with E-state index in [9.17, 15) is 4.79 Å². The van der Waals surface area contributed by atoms with E-state index in [4.69, 9.17) is 0 Å². The molecular weight excluding hydrogens is 252 g/mol. The third-order valence-corrected chi connectivity index (χ3v) is 3.00.